The molecule has 0 bridgehead atoms. The molecule has 2 heterocycles. The van der Waals surface area contributed by atoms with E-state index in [2.05, 4.69) is 128 Å². The van der Waals surface area contributed by atoms with Crippen LogP contribution in [0.3, 0.4) is 0 Å². The van der Waals surface area contributed by atoms with Crippen molar-refractivity contribution in [2.24, 2.45) is 0 Å². The van der Waals surface area contributed by atoms with Gasteiger partial charge in [-0.2, -0.15) is 0 Å². The van der Waals surface area contributed by atoms with Crippen molar-refractivity contribution in [2.45, 2.75) is 92.4 Å². The number of benzene rings is 6. The van der Waals surface area contributed by atoms with E-state index in [-0.39, 0.29) is 0 Å². The molecule has 304 valence electrons. The highest BCUT2D eigenvalue weighted by Gasteiger charge is 2.54. The summed E-state index contributed by atoms with van der Waals surface area (Å²) in [6.45, 7) is 17.5. The molecule has 2 saturated heterocycles. The van der Waals surface area contributed by atoms with Gasteiger partial charge in [0.25, 0.3) is 0 Å². The largest absolute Gasteiger partial charge is 0.462 e. The van der Waals surface area contributed by atoms with Gasteiger partial charge < -0.3 is 28.0 Å². The van der Waals surface area contributed by atoms with E-state index in [4.69, 9.17) is 28.0 Å². The van der Waals surface area contributed by atoms with Gasteiger partial charge in [0.2, 0.25) is 6.29 Å². The maximum atomic E-state index is 7.79. The molecule has 0 amide bonds. The molecule has 6 aromatic rings. The van der Waals surface area contributed by atoms with Crippen molar-refractivity contribution in [3.05, 3.63) is 184 Å². The number of hydrogen-bond donors (Lipinski definition) is 0. The summed E-state index contributed by atoms with van der Waals surface area (Å²) in [5.41, 5.74) is 10.4. The predicted octanol–water partition coefficient (Wildman–Crippen LogP) is 10.2. The third-order valence-corrected chi connectivity index (χ3v) is 14.4. The van der Waals surface area contributed by atoms with Crippen LogP contribution in [0.1, 0.15) is 56.4 Å². The molecule has 0 aromatic heterocycles. The van der Waals surface area contributed by atoms with Crippen LogP contribution in [0.4, 0.5) is 0 Å². The van der Waals surface area contributed by atoms with Gasteiger partial charge in [-0.25, -0.2) is 0 Å². The zero-order chi connectivity index (χ0) is 41.2. The summed E-state index contributed by atoms with van der Waals surface area (Å²) in [5.74, 6) is 0.677. The van der Waals surface area contributed by atoms with E-state index in [1.54, 1.807) is 0 Å². The minimum atomic E-state index is -1.42. The molecule has 6 atom stereocenters. The van der Waals surface area contributed by atoms with Crippen LogP contribution < -0.4 is 26.0 Å². The lowest BCUT2D eigenvalue weighted by Crippen LogP contribution is -2.64. The normalized spacial score (nSPS) is 21.7. The van der Waals surface area contributed by atoms with E-state index in [0.29, 0.717) is 12.4 Å². The highest BCUT2D eigenvalue weighted by molar-refractivity contribution is 7.69. The average Bonchev–Trinajstić information content (AvgIpc) is 3.18. The minimum Gasteiger partial charge on any atom is -0.462 e. The van der Waals surface area contributed by atoms with Crippen LogP contribution in [-0.2, 0) is 23.3 Å². The average molecular weight is 825 g/mol. The Morgan fingerprint density at radius 2 is 0.847 bits per heavy atom. The number of hydrogen-bond acceptors (Lipinski definition) is 6. The van der Waals surface area contributed by atoms with Gasteiger partial charge in [-0.3, -0.25) is 0 Å². The Morgan fingerprint density at radius 1 is 0.458 bits per heavy atom. The lowest BCUT2D eigenvalue weighted by atomic mass is 9.98. The van der Waals surface area contributed by atoms with Gasteiger partial charge >= 0.3 is 0 Å². The quantitative estimate of drug-likeness (QED) is 0.121. The Bertz CT molecular complexity index is 2200. The predicted molar refractivity (Wildman–Crippen MR) is 242 cm³/mol. The van der Waals surface area contributed by atoms with Crippen LogP contribution in [0.25, 0.3) is 0 Å². The molecule has 2 fully saturated rings. The van der Waals surface area contributed by atoms with Crippen LogP contribution >= 0.6 is 16.3 Å². The van der Waals surface area contributed by atoms with Crippen molar-refractivity contribution in [2.75, 3.05) is 6.61 Å². The van der Waals surface area contributed by atoms with E-state index >= 15 is 0 Å². The molecule has 8 heteroatoms. The SMILES string of the molecule is Cc1cc(C)cc(P(O[C@@H]2[C@@H](OP(c3cc(C)cc(C)c3)c3cc(C)cc(C)c3)[C@H](Oc3ccccc3)O[C@@H]3CO[C@@H](c4ccccc4)O[C@@H]23)c2cc(C)cc(C)c2)c1. The van der Waals surface area contributed by atoms with Crippen molar-refractivity contribution >= 4 is 37.5 Å². The first-order chi connectivity index (χ1) is 28.4. The standard InChI is InChI=1S/C51H54O6P2/c1-32-19-33(2)24-42(23-32)58(43-25-34(3)20-35(4)26-43)56-48-47-46(31-52-50(55-47)40-15-11-9-12-16-40)54-51(53-41-17-13-10-14-18-41)49(48)57-59(44-27-36(5)21-37(6)28-44)45-29-38(7)22-39(8)30-45/h9-30,46-51H,31H2,1-8H3/t46-,47-,48+,49-,50-,51-/m1/s1. The molecule has 0 saturated carbocycles. The fourth-order valence-electron chi connectivity index (χ4n) is 8.34. The zero-order valence-corrected chi connectivity index (χ0v) is 37.0. The minimum absolute atomic E-state index is 0.291. The molecule has 0 N–H and O–H groups in total. The fraction of sp³-hybridized carbons (Fsp3) is 0.294. The fourth-order valence-corrected chi connectivity index (χ4v) is 12.9. The van der Waals surface area contributed by atoms with Gasteiger partial charge in [-0.15, -0.1) is 0 Å². The number of rotatable bonds is 11. The smallest absolute Gasteiger partial charge is 0.229 e. The molecule has 0 unspecified atom stereocenters. The van der Waals surface area contributed by atoms with E-state index in [9.17, 15) is 0 Å². The van der Waals surface area contributed by atoms with Crippen molar-refractivity contribution in [1.29, 1.82) is 0 Å². The highest BCUT2D eigenvalue weighted by Crippen LogP contribution is 2.48. The van der Waals surface area contributed by atoms with Crippen molar-refractivity contribution in [1.82, 2.24) is 0 Å². The maximum absolute atomic E-state index is 7.79. The second-order valence-electron chi connectivity index (χ2n) is 16.3. The number of fused-ring (bicyclic) bond motifs is 1. The molecule has 8 rings (SSSR count). The zero-order valence-electron chi connectivity index (χ0n) is 35.2. The van der Waals surface area contributed by atoms with Crippen LogP contribution in [0.5, 0.6) is 5.75 Å². The number of para-hydroxylation sites is 1. The second kappa shape index (κ2) is 18.2. The Balaban J connectivity index is 1.32. The topological polar surface area (TPSA) is 55.4 Å². The molecule has 0 radical (unpaired) electrons. The molecule has 6 nitrogen and oxygen atoms in total. The molecule has 6 aromatic carbocycles. The lowest BCUT2D eigenvalue weighted by molar-refractivity contribution is -0.342. The van der Waals surface area contributed by atoms with Crippen LogP contribution in [0.2, 0.25) is 0 Å². The molecule has 0 spiro atoms. The number of aryl methyl sites for hydroxylation is 8. The van der Waals surface area contributed by atoms with Gasteiger partial charge in [0.15, 0.2) is 12.4 Å². The molecule has 0 aliphatic carbocycles. The summed E-state index contributed by atoms with van der Waals surface area (Å²) < 4.78 is 42.9. The monoisotopic (exact) mass is 824 g/mol. The van der Waals surface area contributed by atoms with Crippen LogP contribution in [0, 0.1) is 55.4 Å². The maximum Gasteiger partial charge on any atom is 0.229 e. The summed E-state index contributed by atoms with van der Waals surface area (Å²) in [6, 6.07) is 46.8. The van der Waals surface area contributed by atoms with Crippen LogP contribution in [0.15, 0.2) is 133 Å². The van der Waals surface area contributed by atoms with Gasteiger partial charge in [0.1, 0.15) is 24.1 Å². The van der Waals surface area contributed by atoms with Gasteiger partial charge in [0.05, 0.1) is 22.9 Å². The summed E-state index contributed by atoms with van der Waals surface area (Å²) in [6.07, 6.45) is -3.92. The van der Waals surface area contributed by atoms with Crippen molar-refractivity contribution < 1.29 is 28.0 Å². The molecule has 2 aliphatic rings. The molecular formula is C51H54O6P2. The Hall–Kier alpha value is -4.22. The third kappa shape index (κ3) is 9.88. The van der Waals surface area contributed by atoms with Crippen LogP contribution in [-0.4, -0.2) is 37.3 Å². The van der Waals surface area contributed by atoms with Gasteiger partial charge in [-0.1, -0.05) is 117 Å². The second-order valence-corrected chi connectivity index (χ2v) is 19.9. The summed E-state index contributed by atoms with van der Waals surface area (Å²) >= 11 is 0. The summed E-state index contributed by atoms with van der Waals surface area (Å²) in [4.78, 5) is 0. The molecule has 59 heavy (non-hydrogen) atoms. The van der Waals surface area contributed by atoms with E-state index in [1.807, 2.05) is 60.7 Å². The lowest BCUT2D eigenvalue weighted by Gasteiger charge is -2.50. The Kier molecular flexibility index (Phi) is 12.8. The first kappa shape index (κ1) is 41.5. The summed E-state index contributed by atoms with van der Waals surface area (Å²) in [5, 5.41) is 4.48. The highest BCUT2D eigenvalue weighted by atomic mass is 31.1. The van der Waals surface area contributed by atoms with Gasteiger partial charge in [-0.05, 0) is 116 Å². The van der Waals surface area contributed by atoms with E-state index < -0.39 is 53.3 Å². The Morgan fingerprint density at radius 3 is 1.27 bits per heavy atom. The first-order valence-electron chi connectivity index (χ1n) is 20.4. The molecular weight excluding hydrogens is 771 g/mol. The van der Waals surface area contributed by atoms with E-state index in [0.717, 1.165) is 26.8 Å². The molecule has 2 aliphatic heterocycles. The Labute approximate surface area is 352 Å². The summed E-state index contributed by atoms with van der Waals surface area (Å²) in [7, 11) is -2.82. The van der Waals surface area contributed by atoms with E-state index in [1.165, 1.54) is 44.5 Å². The van der Waals surface area contributed by atoms with Gasteiger partial charge in [0, 0.05) is 26.8 Å². The third-order valence-electron chi connectivity index (χ3n) is 10.6. The van der Waals surface area contributed by atoms with Crippen molar-refractivity contribution in [3.63, 3.8) is 0 Å². The van der Waals surface area contributed by atoms with Crippen molar-refractivity contribution in [3.8, 4) is 5.75 Å². The number of ether oxygens (including phenoxy) is 4. The first-order valence-corrected chi connectivity index (χ1v) is 22.9.